The van der Waals surface area contributed by atoms with Gasteiger partial charge in [-0.1, -0.05) is 66.7 Å². The molecule has 0 saturated heterocycles. The molecule has 5 aromatic rings. The van der Waals surface area contributed by atoms with Crippen LogP contribution in [0.25, 0.3) is 11.2 Å². The highest BCUT2D eigenvalue weighted by Gasteiger charge is 2.19. The monoisotopic (exact) mass is 535 g/mol. The number of rotatable bonds is 12. The van der Waals surface area contributed by atoms with Crippen molar-refractivity contribution in [3.63, 3.8) is 0 Å². The molecule has 8 nitrogen and oxygen atoms in total. The Morgan fingerprint density at radius 3 is 2.48 bits per heavy atom. The number of benzene rings is 3. The van der Waals surface area contributed by atoms with Crippen molar-refractivity contribution in [3.05, 3.63) is 107 Å². The Hall–Kier alpha value is -4.27. The van der Waals surface area contributed by atoms with Gasteiger partial charge in [-0.15, -0.1) is 0 Å². The van der Waals surface area contributed by atoms with Crippen LogP contribution in [0.5, 0.6) is 11.8 Å². The lowest BCUT2D eigenvalue weighted by molar-refractivity contribution is 0.114. The van der Waals surface area contributed by atoms with E-state index in [0.29, 0.717) is 48.9 Å². The molecule has 3 aromatic carbocycles. The van der Waals surface area contributed by atoms with Crippen LogP contribution in [-0.4, -0.2) is 43.9 Å². The zero-order valence-corrected chi connectivity index (χ0v) is 22.4. The fraction of sp³-hybridized carbons (Fsp3) is 0.281. The highest BCUT2D eigenvalue weighted by molar-refractivity contribution is 5.83. The fourth-order valence-electron chi connectivity index (χ4n) is 5.13. The number of nitrogens with one attached hydrogen (secondary N) is 1. The lowest BCUT2D eigenvalue weighted by Crippen LogP contribution is -2.27. The van der Waals surface area contributed by atoms with Crippen molar-refractivity contribution in [1.29, 1.82) is 0 Å². The van der Waals surface area contributed by atoms with Gasteiger partial charge >= 0.3 is 6.01 Å². The van der Waals surface area contributed by atoms with E-state index in [9.17, 15) is 5.11 Å². The zero-order chi connectivity index (χ0) is 27.1. The third-order valence-corrected chi connectivity index (χ3v) is 7.20. The summed E-state index contributed by atoms with van der Waals surface area (Å²) in [6.45, 7) is 1.56. The van der Waals surface area contributed by atoms with E-state index in [4.69, 9.17) is 19.4 Å². The predicted molar refractivity (Wildman–Crippen MR) is 155 cm³/mol. The van der Waals surface area contributed by atoms with Crippen LogP contribution in [0.1, 0.15) is 28.7 Å². The minimum absolute atomic E-state index is 0.0601. The molecule has 0 radical (unpaired) electrons. The summed E-state index contributed by atoms with van der Waals surface area (Å²) in [7, 11) is 0. The van der Waals surface area contributed by atoms with Gasteiger partial charge in [-0.25, -0.2) is 4.98 Å². The molecule has 0 fully saturated rings. The first kappa shape index (κ1) is 26.0. The summed E-state index contributed by atoms with van der Waals surface area (Å²) in [4.78, 5) is 14.1. The first-order chi connectivity index (χ1) is 19.7. The van der Waals surface area contributed by atoms with Crippen molar-refractivity contribution in [2.75, 3.05) is 18.5 Å². The summed E-state index contributed by atoms with van der Waals surface area (Å²) in [5.74, 6) is 1.24. The Labute approximate surface area is 233 Å². The standard InChI is InChI=1S/C32H33N5O3/c38-20-27(18-23-8-3-1-4-9-23)34-30-29-31(37(22-33-29)16-17-39-21-24-10-5-2-6-11-24)36-32(35-30)40-28-15-14-25-12-7-13-26(25)19-28/h1-6,8-11,14-15,19,22,27,38H,7,12-13,16-18,20-21H2,(H,34,35,36)/t27-/m0/s1. The molecule has 8 heteroatoms. The second-order valence-electron chi connectivity index (χ2n) is 10.1. The average Bonchev–Trinajstić information content (AvgIpc) is 3.63. The largest absolute Gasteiger partial charge is 0.424 e. The maximum Gasteiger partial charge on any atom is 0.326 e. The third kappa shape index (κ3) is 6.14. The molecule has 0 unspecified atom stereocenters. The Morgan fingerprint density at radius 1 is 0.900 bits per heavy atom. The molecule has 2 N–H and O–H groups in total. The first-order valence-corrected chi connectivity index (χ1v) is 13.8. The molecule has 6 rings (SSSR count). The Kier molecular flexibility index (Phi) is 7.97. The molecular weight excluding hydrogens is 502 g/mol. The van der Waals surface area contributed by atoms with Gasteiger partial charge in [0.05, 0.1) is 32.2 Å². The summed E-state index contributed by atoms with van der Waals surface area (Å²) in [6.07, 6.45) is 5.73. The van der Waals surface area contributed by atoms with E-state index < -0.39 is 0 Å². The Balaban J connectivity index is 1.25. The number of aromatic nitrogens is 4. The van der Waals surface area contributed by atoms with E-state index in [1.165, 1.54) is 17.5 Å². The van der Waals surface area contributed by atoms with Crippen LogP contribution in [0, 0.1) is 0 Å². The highest BCUT2D eigenvalue weighted by Crippen LogP contribution is 2.30. The van der Waals surface area contributed by atoms with Gasteiger partial charge in [-0.05, 0) is 60.1 Å². The van der Waals surface area contributed by atoms with Crippen LogP contribution in [0.15, 0.2) is 85.2 Å². The van der Waals surface area contributed by atoms with Crippen molar-refractivity contribution in [3.8, 4) is 11.8 Å². The molecule has 2 aromatic heterocycles. The Bertz CT molecular complexity index is 1560. The summed E-state index contributed by atoms with van der Waals surface area (Å²) in [5, 5.41) is 13.6. The van der Waals surface area contributed by atoms with E-state index in [2.05, 4.69) is 22.4 Å². The normalized spacial score (nSPS) is 13.3. The molecule has 0 aliphatic heterocycles. The van der Waals surface area contributed by atoms with E-state index >= 15 is 0 Å². The minimum atomic E-state index is -0.257. The molecule has 0 amide bonds. The van der Waals surface area contributed by atoms with Crippen LogP contribution in [-0.2, 0) is 37.2 Å². The zero-order valence-electron chi connectivity index (χ0n) is 22.4. The third-order valence-electron chi connectivity index (χ3n) is 7.20. The van der Waals surface area contributed by atoms with Crippen molar-refractivity contribution in [1.82, 2.24) is 19.5 Å². The van der Waals surface area contributed by atoms with Crippen LogP contribution in [0.2, 0.25) is 0 Å². The molecule has 1 aliphatic rings. The molecule has 0 bridgehead atoms. The molecule has 0 saturated carbocycles. The number of hydrogen-bond donors (Lipinski definition) is 2. The van der Waals surface area contributed by atoms with Gasteiger partial charge in [-0.3, -0.25) is 0 Å². The predicted octanol–water partition coefficient (Wildman–Crippen LogP) is 5.34. The van der Waals surface area contributed by atoms with Crippen LogP contribution in [0.4, 0.5) is 5.82 Å². The number of nitrogens with zero attached hydrogens (tertiary/aromatic N) is 4. The minimum Gasteiger partial charge on any atom is -0.424 e. The average molecular weight is 536 g/mol. The van der Waals surface area contributed by atoms with E-state index in [0.717, 1.165) is 24.0 Å². The van der Waals surface area contributed by atoms with Gasteiger partial charge in [0.2, 0.25) is 0 Å². The molecule has 0 spiro atoms. The topological polar surface area (TPSA) is 94.3 Å². The summed E-state index contributed by atoms with van der Waals surface area (Å²) in [5.41, 5.74) is 6.22. The van der Waals surface area contributed by atoms with Crippen LogP contribution in [0.3, 0.4) is 0 Å². The van der Waals surface area contributed by atoms with Gasteiger partial charge in [0, 0.05) is 6.54 Å². The van der Waals surface area contributed by atoms with Crippen molar-refractivity contribution in [2.45, 2.75) is 44.9 Å². The highest BCUT2D eigenvalue weighted by atomic mass is 16.5. The quantitative estimate of drug-likeness (QED) is 0.208. The number of aliphatic hydroxyl groups is 1. The van der Waals surface area contributed by atoms with Gasteiger partial charge in [0.1, 0.15) is 5.75 Å². The first-order valence-electron chi connectivity index (χ1n) is 13.8. The summed E-state index contributed by atoms with van der Waals surface area (Å²) >= 11 is 0. The van der Waals surface area contributed by atoms with Gasteiger partial charge in [0.15, 0.2) is 17.0 Å². The smallest absolute Gasteiger partial charge is 0.326 e. The van der Waals surface area contributed by atoms with Gasteiger partial charge in [-0.2, -0.15) is 9.97 Å². The molecule has 40 heavy (non-hydrogen) atoms. The van der Waals surface area contributed by atoms with Crippen molar-refractivity contribution >= 4 is 17.0 Å². The van der Waals surface area contributed by atoms with E-state index in [1.54, 1.807) is 6.33 Å². The number of ether oxygens (including phenoxy) is 2. The van der Waals surface area contributed by atoms with E-state index in [-0.39, 0.29) is 18.7 Å². The number of aliphatic hydroxyl groups excluding tert-OH is 1. The van der Waals surface area contributed by atoms with Crippen molar-refractivity contribution in [2.24, 2.45) is 0 Å². The molecule has 2 heterocycles. The molecule has 1 atom stereocenters. The number of aryl methyl sites for hydroxylation is 2. The maximum atomic E-state index is 10.2. The second kappa shape index (κ2) is 12.3. The Morgan fingerprint density at radius 2 is 1.68 bits per heavy atom. The number of imidazole rings is 1. The number of anilines is 1. The summed E-state index contributed by atoms with van der Waals surface area (Å²) < 4.78 is 14.1. The lowest BCUT2D eigenvalue weighted by atomic mass is 10.1. The SMILES string of the molecule is OC[C@H](Cc1ccccc1)Nc1nc(Oc2ccc3c(c2)CCC3)nc2c1ncn2CCOCc1ccccc1. The lowest BCUT2D eigenvalue weighted by Gasteiger charge is -2.18. The van der Waals surface area contributed by atoms with E-state index in [1.807, 2.05) is 71.3 Å². The second-order valence-corrected chi connectivity index (χ2v) is 10.1. The number of hydrogen-bond acceptors (Lipinski definition) is 7. The number of fused-ring (bicyclic) bond motifs is 2. The van der Waals surface area contributed by atoms with Crippen molar-refractivity contribution < 1.29 is 14.6 Å². The van der Waals surface area contributed by atoms with Crippen LogP contribution < -0.4 is 10.1 Å². The summed E-state index contributed by atoms with van der Waals surface area (Å²) in [6, 6.07) is 26.4. The maximum absolute atomic E-state index is 10.2. The van der Waals surface area contributed by atoms with Gasteiger partial charge in [0.25, 0.3) is 0 Å². The van der Waals surface area contributed by atoms with Gasteiger partial charge < -0.3 is 24.5 Å². The molecule has 204 valence electrons. The van der Waals surface area contributed by atoms with Crippen LogP contribution >= 0.6 is 0 Å². The fourth-order valence-corrected chi connectivity index (χ4v) is 5.13. The molecular formula is C32H33N5O3. The molecule has 1 aliphatic carbocycles.